The molecule has 6 nitrogen and oxygen atoms in total. The molecule has 25 heavy (non-hydrogen) atoms. The summed E-state index contributed by atoms with van der Waals surface area (Å²) in [7, 11) is 1.55. The van der Waals surface area contributed by atoms with Gasteiger partial charge in [-0.2, -0.15) is 0 Å². The van der Waals surface area contributed by atoms with Crippen LogP contribution in [0, 0.1) is 6.92 Å². The molecule has 2 aromatic carbocycles. The molecule has 0 aromatic heterocycles. The molecule has 1 aliphatic heterocycles. The highest BCUT2D eigenvalue weighted by molar-refractivity contribution is 6.01. The van der Waals surface area contributed by atoms with E-state index in [1.165, 1.54) is 0 Å². The van der Waals surface area contributed by atoms with Crippen LogP contribution in [-0.4, -0.2) is 25.6 Å². The number of amides is 3. The second-order valence-electron chi connectivity index (χ2n) is 5.98. The number of ether oxygens (including phenoxy) is 1. The summed E-state index contributed by atoms with van der Waals surface area (Å²) in [6, 6.07) is 12.5. The summed E-state index contributed by atoms with van der Waals surface area (Å²) in [4.78, 5) is 25.8. The highest BCUT2D eigenvalue weighted by Gasteiger charge is 2.24. The molecule has 130 valence electrons. The minimum absolute atomic E-state index is 0.0936. The highest BCUT2D eigenvalue weighted by Crippen LogP contribution is 2.33. The third-order valence-corrected chi connectivity index (χ3v) is 4.11. The maximum atomic E-state index is 12.1. The molecule has 0 saturated carbocycles. The molecule has 0 unspecified atom stereocenters. The molecule has 0 aliphatic carbocycles. The first-order chi connectivity index (χ1) is 12.1. The van der Waals surface area contributed by atoms with Gasteiger partial charge in [-0.05, 0) is 37.6 Å². The quantitative estimate of drug-likeness (QED) is 0.891. The van der Waals surface area contributed by atoms with Gasteiger partial charge in [-0.3, -0.25) is 4.79 Å². The Bertz CT molecular complexity index is 787. The molecule has 1 saturated heterocycles. The highest BCUT2D eigenvalue weighted by atomic mass is 16.5. The molecule has 0 radical (unpaired) electrons. The zero-order valence-corrected chi connectivity index (χ0v) is 14.3. The van der Waals surface area contributed by atoms with Crippen molar-refractivity contribution >= 4 is 29.0 Å². The number of nitrogens with one attached hydrogen (secondary N) is 2. The van der Waals surface area contributed by atoms with E-state index in [0.29, 0.717) is 30.1 Å². The Morgan fingerprint density at radius 2 is 1.76 bits per heavy atom. The molecular formula is C19H21N3O3. The van der Waals surface area contributed by atoms with Gasteiger partial charge in [0.25, 0.3) is 0 Å². The van der Waals surface area contributed by atoms with Gasteiger partial charge < -0.3 is 20.3 Å². The fraction of sp³-hybridized carbons (Fsp3) is 0.263. The zero-order valence-electron chi connectivity index (χ0n) is 14.3. The van der Waals surface area contributed by atoms with Crippen LogP contribution in [0.2, 0.25) is 0 Å². The maximum absolute atomic E-state index is 12.1. The van der Waals surface area contributed by atoms with Gasteiger partial charge in [0, 0.05) is 30.4 Å². The average Bonchev–Trinajstić information content (AvgIpc) is 3.02. The van der Waals surface area contributed by atoms with Gasteiger partial charge >= 0.3 is 6.03 Å². The Hall–Kier alpha value is -3.02. The number of carbonyl (C=O) groups is 2. The standard InChI is InChI=1S/C19H21N3O3/c1-13-5-7-14(8-6-13)20-19(24)21-15-9-10-16(17(12-15)25-2)22-11-3-4-18(22)23/h5-10,12H,3-4,11H2,1-2H3,(H2,20,21,24). The number of hydrogen-bond donors (Lipinski definition) is 2. The van der Waals surface area contributed by atoms with E-state index in [1.807, 2.05) is 31.2 Å². The van der Waals surface area contributed by atoms with Crippen LogP contribution in [0.3, 0.4) is 0 Å². The summed E-state index contributed by atoms with van der Waals surface area (Å²) in [5, 5.41) is 5.55. The Morgan fingerprint density at radius 3 is 2.40 bits per heavy atom. The third kappa shape index (κ3) is 3.91. The Labute approximate surface area is 146 Å². The SMILES string of the molecule is COc1cc(NC(=O)Nc2ccc(C)cc2)ccc1N1CCCC1=O. The number of carbonyl (C=O) groups excluding carboxylic acids is 2. The lowest BCUT2D eigenvalue weighted by molar-refractivity contribution is -0.117. The molecular weight excluding hydrogens is 318 g/mol. The van der Waals surface area contributed by atoms with Crippen molar-refractivity contribution in [3.63, 3.8) is 0 Å². The van der Waals surface area contributed by atoms with Crippen LogP contribution in [0.4, 0.5) is 21.9 Å². The lowest BCUT2D eigenvalue weighted by Gasteiger charge is -2.19. The van der Waals surface area contributed by atoms with Crippen LogP contribution in [0.25, 0.3) is 0 Å². The molecule has 2 aromatic rings. The number of methoxy groups -OCH3 is 1. The van der Waals surface area contributed by atoms with Gasteiger partial charge in [0.1, 0.15) is 5.75 Å². The van der Waals surface area contributed by atoms with E-state index in [2.05, 4.69) is 10.6 Å². The van der Waals surface area contributed by atoms with Crippen LogP contribution < -0.4 is 20.3 Å². The molecule has 0 atom stereocenters. The van der Waals surface area contributed by atoms with Gasteiger partial charge in [0.2, 0.25) is 5.91 Å². The summed E-state index contributed by atoms with van der Waals surface area (Å²) >= 11 is 0. The van der Waals surface area contributed by atoms with Crippen LogP contribution in [0.5, 0.6) is 5.75 Å². The molecule has 6 heteroatoms. The lowest BCUT2D eigenvalue weighted by Crippen LogP contribution is -2.24. The van der Waals surface area contributed by atoms with Crippen LogP contribution in [0.1, 0.15) is 18.4 Å². The van der Waals surface area contributed by atoms with Crippen molar-refractivity contribution < 1.29 is 14.3 Å². The van der Waals surface area contributed by atoms with E-state index in [1.54, 1.807) is 30.2 Å². The first-order valence-corrected chi connectivity index (χ1v) is 8.20. The van der Waals surface area contributed by atoms with E-state index in [9.17, 15) is 9.59 Å². The number of anilines is 3. The van der Waals surface area contributed by atoms with Gasteiger partial charge in [-0.25, -0.2) is 4.79 Å². The van der Waals surface area contributed by atoms with E-state index in [4.69, 9.17) is 4.74 Å². The fourth-order valence-electron chi connectivity index (χ4n) is 2.81. The second-order valence-corrected chi connectivity index (χ2v) is 5.98. The molecule has 1 aliphatic rings. The number of nitrogens with zero attached hydrogens (tertiary/aromatic N) is 1. The van der Waals surface area contributed by atoms with Crippen molar-refractivity contribution in [1.29, 1.82) is 0 Å². The minimum atomic E-state index is -0.337. The first-order valence-electron chi connectivity index (χ1n) is 8.20. The molecule has 1 fully saturated rings. The maximum Gasteiger partial charge on any atom is 0.323 e. The predicted octanol–water partition coefficient (Wildman–Crippen LogP) is 3.77. The summed E-state index contributed by atoms with van der Waals surface area (Å²) < 4.78 is 5.39. The molecule has 0 spiro atoms. The average molecular weight is 339 g/mol. The smallest absolute Gasteiger partial charge is 0.323 e. The van der Waals surface area contributed by atoms with Crippen LogP contribution in [-0.2, 0) is 4.79 Å². The lowest BCUT2D eigenvalue weighted by atomic mass is 10.2. The summed E-state index contributed by atoms with van der Waals surface area (Å²) in [5.74, 6) is 0.652. The third-order valence-electron chi connectivity index (χ3n) is 4.11. The summed E-state index contributed by atoms with van der Waals surface area (Å²) in [5.41, 5.74) is 3.17. The van der Waals surface area contributed by atoms with Crippen molar-refractivity contribution in [2.24, 2.45) is 0 Å². The number of aryl methyl sites for hydroxylation is 1. The molecule has 3 amide bonds. The van der Waals surface area contributed by atoms with Crippen molar-refractivity contribution in [2.75, 3.05) is 29.2 Å². The van der Waals surface area contributed by atoms with Gasteiger partial charge in [-0.15, -0.1) is 0 Å². The Balaban J connectivity index is 1.71. The normalized spacial score (nSPS) is 13.7. The largest absolute Gasteiger partial charge is 0.494 e. The van der Waals surface area contributed by atoms with Crippen LogP contribution >= 0.6 is 0 Å². The van der Waals surface area contributed by atoms with E-state index in [0.717, 1.165) is 17.7 Å². The second kappa shape index (κ2) is 7.25. The van der Waals surface area contributed by atoms with Crippen molar-refractivity contribution in [2.45, 2.75) is 19.8 Å². The molecule has 0 bridgehead atoms. The Kier molecular flexibility index (Phi) is 4.88. The number of rotatable bonds is 4. The van der Waals surface area contributed by atoms with E-state index in [-0.39, 0.29) is 11.9 Å². The number of benzene rings is 2. The summed E-state index contributed by atoms with van der Waals surface area (Å²) in [6.45, 7) is 2.68. The van der Waals surface area contributed by atoms with Crippen molar-refractivity contribution in [3.8, 4) is 5.75 Å². The minimum Gasteiger partial charge on any atom is -0.494 e. The summed E-state index contributed by atoms with van der Waals surface area (Å²) in [6.07, 6.45) is 1.41. The van der Waals surface area contributed by atoms with Crippen LogP contribution in [0.15, 0.2) is 42.5 Å². The van der Waals surface area contributed by atoms with Crippen molar-refractivity contribution in [1.82, 2.24) is 0 Å². The monoisotopic (exact) mass is 339 g/mol. The van der Waals surface area contributed by atoms with E-state index >= 15 is 0 Å². The molecule has 1 heterocycles. The Morgan fingerprint density at radius 1 is 1.08 bits per heavy atom. The van der Waals surface area contributed by atoms with Crippen molar-refractivity contribution in [3.05, 3.63) is 48.0 Å². The van der Waals surface area contributed by atoms with Gasteiger partial charge in [0.15, 0.2) is 0 Å². The predicted molar refractivity (Wildman–Crippen MR) is 98.4 cm³/mol. The zero-order chi connectivity index (χ0) is 17.8. The molecule has 2 N–H and O–H groups in total. The molecule has 3 rings (SSSR count). The topological polar surface area (TPSA) is 70.7 Å². The van der Waals surface area contributed by atoms with Gasteiger partial charge in [0.05, 0.1) is 12.8 Å². The van der Waals surface area contributed by atoms with Gasteiger partial charge in [-0.1, -0.05) is 17.7 Å². The fourth-order valence-corrected chi connectivity index (χ4v) is 2.81. The van der Waals surface area contributed by atoms with E-state index < -0.39 is 0 Å². The number of urea groups is 1. The number of hydrogen-bond acceptors (Lipinski definition) is 3. The first kappa shape index (κ1) is 16.8.